The summed E-state index contributed by atoms with van der Waals surface area (Å²) in [6.07, 6.45) is -4.03. The minimum Gasteiger partial charge on any atom is -0.480 e. The predicted octanol–water partition coefficient (Wildman–Crippen LogP) is 11.6. The second-order valence-electron chi connectivity index (χ2n) is 20.4. The molecule has 1 aromatic carbocycles. The van der Waals surface area contributed by atoms with Gasteiger partial charge in [-0.2, -0.15) is 13.2 Å². The Hall–Kier alpha value is -3.89. The molecule has 7 rings (SSSR count). The summed E-state index contributed by atoms with van der Waals surface area (Å²) in [4.78, 5) is 45.2. The van der Waals surface area contributed by atoms with Crippen molar-refractivity contribution in [2.45, 2.75) is 154 Å². The Labute approximate surface area is 353 Å². The van der Waals surface area contributed by atoms with Gasteiger partial charge in [0.25, 0.3) is 0 Å². The number of nitrogens with one attached hydrogen (secondary N) is 1. The minimum atomic E-state index is -5.04. The van der Waals surface area contributed by atoms with Gasteiger partial charge in [-0.3, -0.25) is 10.2 Å². The molecular weight excluding hydrogens is 824 g/mol. The van der Waals surface area contributed by atoms with Crippen LogP contribution >= 0.6 is 11.6 Å². The smallest absolute Gasteiger partial charge is 0.418 e. The molecule has 1 saturated heterocycles. The van der Waals surface area contributed by atoms with Crippen molar-refractivity contribution < 1.29 is 51.0 Å². The number of rotatable bonds is 9. The van der Waals surface area contributed by atoms with Crippen LogP contribution < -0.4 is 5.32 Å². The Bertz CT molecular complexity index is 2270. The molecule has 2 N–H and O–H groups in total. The Kier molecular flexibility index (Phi) is 10.8. The van der Waals surface area contributed by atoms with Crippen molar-refractivity contribution >= 4 is 54.7 Å². The molecule has 0 bridgehead atoms. The Balaban J connectivity index is 1.46. The largest absolute Gasteiger partial charge is 0.480 e. The van der Waals surface area contributed by atoms with Gasteiger partial charge >= 0.3 is 24.3 Å². The Morgan fingerprint density at radius 1 is 0.967 bits per heavy atom. The molecule has 4 fully saturated rings. The zero-order chi connectivity index (χ0) is 44.4. The maximum Gasteiger partial charge on any atom is 0.418 e. The number of nitrogens with zero attached hydrogens (tertiary/aromatic N) is 3. The molecule has 60 heavy (non-hydrogen) atoms. The van der Waals surface area contributed by atoms with E-state index < -0.39 is 89.4 Å². The lowest BCUT2D eigenvalue weighted by Gasteiger charge is -2.36. The van der Waals surface area contributed by atoms with E-state index in [4.69, 9.17) is 30.5 Å². The lowest BCUT2D eigenvalue weighted by atomic mass is 9.96. The number of likely N-dealkylation sites (tertiary alicyclic amines) is 1. The number of benzene rings is 1. The van der Waals surface area contributed by atoms with Gasteiger partial charge in [0, 0.05) is 46.8 Å². The minimum absolute atomic E-state index is 0.0638. The molecule has 17 heteroatoms. The van der Waals surface area contributed by atoms with Crippen LogP contribution in [0.15, 0.2) is 12.1 Å². The third-order valence-electron chi connectivity index (χ3n) is 12.3. The molecule has 1 aliphatic heterocycles. The van der Waals surface area contributed by atoms with Crippen molar-refractivity contribution in [1.82, 2.24) is 14.5 Å². The quantitative estimate of drug-likeness (QED) is 0.160. The maximum atomic E-state index is 17.9. The molecule has 4 aliphatic rings. The van der Waals surface area contributed by atoms with E-state index in [0.29, 0.717) is 48.0 Å². The van der Waals surface area contributed by atoms with Crippen LogP contribution in [0.25, 0.3) is 22.2 Å². The normalized spacial score (nSPS) is 22.2. The number of hydrogen-bond donors (Lipinski definition) is 2. The lowest BCUT2D eigenvalue weighted by Crippen LogP contribution is -2.46. The van der Waals surface area contributed by atoms with Gasteiger partial charge in [-0.15, -0.1) is 0 Å². The highest BCUT2D eigenvalue weighted by Crippen LogP contribution is 2.65. The van der Waals surface area contributed by atoms with Gasteiger partial charge in [-0.25, -0.2) is 23.8 Å². The molecule has 0 spiro atoms. The van der Waals surface area contributed by atoms with Gasteiger partial charge in [0.15, 0.2) is 14.1 Å². The summed E-state index contributed by atoms with van der Waals surface area (Å²) in [5, 5.41) is 12.6. The van der Waals surface area contributed by atoms with E-state index in [9.17, 15) is 19.5 Å². The van der Waals surface area contributed by atoms with Crippen LogP contribution in [0.4, 0.5) is 32.8 Å². The summed E-state index contributed by atoms with van der Waals surface area (Å²) in [6.45, 7) is 20.7. The summed E-state index contributed by atoms with van der Waals surface area (Å²) in [5.74, 6) is -3.68. The van der Waals surface area contributed by atoms with Crippen molar-refractivity contribution in [3.05, 3.63) is 45.5 Å². The Morgan fingerprint density at radius 2 is 1.58 bits per heavy atom. The van der Waals surface area contributed by atoms with Crippen LogP contribution in [-0.4, -0.2) is 69.8 Å². The molecule has 4 atom stereocenters. The fourth-order valence-electron chi connectivity index (χ4n) is 8.41. The van der Waals surface area contributed by atoms with E-state index in [1.54, 1.807) is 41.5 Å². The highest BCUT2D eigenvalue weighted by molar-refractivity contribution is 6.74. The molecule has 0 radical (unpaired) electrons. The van der Waals surface area contributed by atoms with Gasteiger partial charge in [-0.1, -0.05) is 32.4 Å². The number of carbonyl (C=O) groups is 3. The number of carboxylic acids is 1. The number of carboxylic acid groups (broad SMARTS) is 1. The molecule has 3 heterocycles. The second kappa shape index (κ2) is 14.6. The van der Waals surface area contributed by atoms with Crippen LogP contribution in [0.2, 0.25) is 23.2 Å². The molecule has 3 saturated carbocycles. The number of halogens is 5. The second-order valence-corrected chi connectivity index (χ2v) is 25.6. The molecular formula is C43H55ClF4N4O7Si. The average molecular weight is 879 g/mol. The standard InChI is InChI=1S/C43H55ClF4N4O7Si/c1-40(2,3)58-38(55)49-21-16-23(31(25(44)17-21)43(46,47)48)34-32(45)35-30(33(50-34)20-12-13-20)29(26(52(35)22-14-15-22)19-57-60(10,11)42(7,8)9)27-24-18-51(36(28(24)27)37(53)54)39(56)59-41(4,5)6/h16-17,20,22,24,27-28,36H,12-15,18-19H2,1-11H3,(H,49,55)(H,53,54)/t24-,27-,28-,36+/m1/s1. The van der Waals surface area contributed by atoms with Crippen molar-refractivity contribution in [2.24, 2.45) is 11.8 Å². The zero-order valence-corrected chi connectivity index (χ0v) is 37.7. The van der Waals surface area contributed by atoms with E-state index in [1.165, 1.54) is 4.90 Å². The van der Waals surface area contributed by atoms with Crippen LogP contribution in [0.3, 0.4) is 0 Å². The highest BCUT2D eigenvalue weighted by Gasteiger charge is 2.67. The fraction of sp³-hybridized carbons (Fsp3) is 0.628. The predicted molar refractivity (Wildman–Crippen MR) is 221 cm³/mol. The van der Waals surface area contributed by atoms with E-state index in [1.807, 2.05) is 4.57 Å². The number of aliphatic carboxylic acids is 1. The van der Waals surface area contributed by atoms with E-state index in [2.05, 4.69) is 39.2 Å². The average Bonchev–Trinajstić information content (AvgIpc) is 4.01. The monoisotopic (exact) mass is 878 g/mol. The third kappa shape index (κ3) is 8.36. The summed E-state index contributed by atoms with van der Waals surface area (Å²) >= 11 is 6.36. The molecule has 3 aliphatic carbocycles. The molecule has 11 nitrogen and oxygen atoms in total. The maximum absolute atomic E-state index is 17.9. The zero-order valence-electron chi connectivity index (χ0n) is 36.0. The molecule has 0 unspecified atom stereocenters. The fourth-order valence-corrected chi connectivity index (χ4v) is 9.67. The summed E-state index contributed by atoms with van der Waals surface area (Å²) < 4.78 is 82.6. The SMILES string of the molecule is CC(C)(C)OC(=O)Nc1cc(Cl)c(C(F)(F)F)c(-c2nc(C3CC3)c3c([C@@H]4[C@H]5CN(C(=O)OC(C)(C)C)[C@H](C(=O)O)[C@H]54)c(CO[Si](C)(C)C(C)(C)C)n(C4CC4)c3c2F)c1. The number of amides is 2. The summed E-state index contributed by atoms with van der Waals surface area (Å²) in [5.41, 5.74) is -2.60. The van der Waals surface area contributed by atoms with Crippen LogP contribution in [0.5, 0.6) is 0 Å². The van der Waals surface area contributed by atoms with Crippen LogP contribution in [0, 0.1) is 17.7 Å². The number of fused-ring (bicyclic) bond motifs is 2. The number of carbonyl (C=O) groups excluding carboxylic acids is 2. The first-order chi connectivity index (χ1) is 27.5. The van der Waals surface area contributed by atoms with Crippen LogP contribution in [-0.2, 0) is 31.5 Å². The first-order valence-electron chi connectivity index (χ1n) is 20.5. The van der Waals surface area contributed by atoms with Gasteiger partial charge in [0.2, 0.25) is 0 Å². The van der Waals surface area contributed by atoms with Gasteiger partial charge in [0.05, 0.1) is 28.4 Å². The number of anilines is 1. The number of aromatic nitrogens is 2. The molecule has 3 aromatic rings. The van der Waals surface area contributed by atoms with Crippen molar-refractivity contribution in [3.8, 4) is 11.3 Å². The first-order valence-corrected chi connectivity index (χ1v) is 23.8. The number of pyridine rings is 1. The van der Waals surface area contributed by atoms with E-state index in [0.717, 1.165) is 12.1 Å². The molecule has 2 aromatic heterocycles. The topological polar surface area (TPSA) is 132 Å². The Morgan fingerprint density at radius 3 is 2.10 bits per heavy atom. The number of alkyl halides is 3. The van der Waals surface area contributed by atoms with Gasteiger partial charge in [-0.05, 0) is 115 Å². The van der Waals surface area contributed by atoms with Crippen LogP contribution in [0.1, 0.15) is 128 Å². The van der Waals surface area contributed by atoms with E-state index >= 15 is 17.6 Å². The third-order valence-corrected chi connectivity index (χ3v) is 17.1. The van der Waals surface area contributed by atoms with Crippen molar-refractivity contribution in [1.29, 1.82) is 0 Å². The van der Waals surface area contributed by atoms with E-state index in [-0.39, 0.29) is 47.3 Å². The number of ether oxygens (including phenoxy) is 2. The van der Waals surface area contributed by atoms with Gasteiger partial charge in [0.1, 0.15) is 22.9 Å². The van der Waals surface area contributed by atoms with Crippen molar-refractivity contribution in [3.63, 3.8) is 0 Å². The number of hydrogen-bond acceptors (Lipinski definition) is 7. The number of piperidine rings is 1. The summed E-state index contributed by atoms with van der Waals surface area (Å²) in [6, 6.07) is 0.547. The van der Waals surface area contributed by atoms with Crippen molar-refractivity contribution in [2.75, 3.05) is 11.9 Å². The molecule has 2 amide bonds. The van der Waals surface area contributed by atoms with Gasteiger partial charge < -0.3 is 23.6 Å². The first kappa shape index (κ1) is 44.2. The summed E-state index contributed by atoms with van der Waals surface area (Å²) in [7, 11) is -2.46. The lowest BCUT2D eigenvalue weighted by molar-refractivity contribution is -0.143. The molecule has 328 valence electrons. The highest BCUT2D eigenvalue weighted by atomic mass is 35.5.